The van der Waals surface area contributed by atoms with Gasteiger partial charge in [-0.05, 0) is 31.7 Å². The second-order valence-electron chi connectivity index (χ2n) is 7.64. The number of pyridine rings is 1. The Bertz CT molecular complexity index is 845. The average molecular weight is 387 g/mol. The first-order chi connectivity index (χ1) is 13.5. The number of carbonyl (C=O) groups excluding carboxylic acids is 1. The average Bonchev–Trinajstić information content (AvgIpc) is 3.38. The van der Waals surface area contributed by atoms with Gasteiger partial charge in [0.05, 0.1) is 18.4 Å². The molecule has 9 nitrogen and oxygen atoms in total. The van der Waals surface area contributed by atoms with E-state index in [0.717, 1.165) is 0 Å². The van der Waals surface area contributed by atoms with Crippen molar-refractivity contribution >= 4 is 11.6 Å². The maximum absolute atomic E-state index is 12.9. The topological polar surface area (TPSA) is 114 Å². The highest BCUT2D eigenvalue weighted by atomic mass is 16.5. The number of amides is 1. The van der Waals surface area contributed by atoms with E-state index in [9.17, 15) is 9.90 Å². The molecule has 1 amide bonds. The van der Waals surface area contributed by atoms with Crippen molar-refractivity contribution in [1.82, 2.24) is 20.4 Å². The van der Waals surface area contributed by atoms with E-state index in [1.54, 1.807) is 13.0 Å². The zero-order valence-corrected chi connectivity index (χ0v) is 16.1. The van der Waals surface area contributed by atoms with Crippen LogP contribution < -0.4 is 15.0 Å². The van der Waals surface area contributed by atoms with Crippen LogP contribution in [0.1, 0.15) is 42.0 Å². The number of hydrogen-bond acceptors (Lipinski definition) is 8. The van der Waals surface area contributed by atoms with E-state index in [4.69, 9.17) is 9.26 Å². The normalized spacial score (nSPS) is 17.9. The van der Waals surface area contributed by atoms with Gasteiger partial charge in [0, 0.05) is 38.5 Å². The first-order valence-corrected chi connectivity index (χ1v) is 9.65. The number of carbonyl (C=O) groups is 1. The summed E-state index contributed by atoms with van der Waals surface area (Å²) in [5.74, 6) is 1.80. The number of aryl methyl sites for hydroxylation is 1. The Morgan fingerprint density at radius 2 is 2.18 bits per heavy atom. The van der Waals surface area contributed by atoms with Crippen LogP contribution >= 0.6 is 0 Å². The molecule has 28 heavy (non-hydrogen) atoms. The number of aliphatic hydroxyl groups is 1. The Morgan fingerprint density at radius 3 is 2.82 bits per heavy atom. The van der Waals surface area contributed by atoms with Crippen molar-refractivity contribution in [3.05, 3.63) is 29.5 Å². The quantitative estimate of drug-likeness (QED) is 0.692. The first-order valence-electron chi connectivity index (χ1n) is 9.65. The fourth-order valence-electron chi connectivity index (χ4n) is 3.12. The van der Waals surface area contributed by atoms with Gasteiger partial charge in [-0.3, -0.25) is 4.79 Å². The molecule has 1 aliphatic carbocycles. The van der Waals surface area contributed by atoms with Gasteiger partial charge < -0.3 is 24.6 Å². The van der Waals surface area contributed by atoms with Crippen LogP contribution in [0.15, 0.2) is 16.7 Å². The van der Waals surface area contributed by atoms with Crippen molar-refractivity contribution in [2.75, 3.05) is 24.6 Å². The van der Waals surface area contributed by atoms with Gasteiger partial charge in [-0.25, -0.2) is 4.98 Å². The Hall–Kier alpha value is -2.68. The zero-order valence-electron chi connectivity index (χ0n) is 16.1. The van der Waals surface area contributed by atoms with E-state index in [1.165, 1.54) is 12.8 Å². The van der Waals surface area contributed by atoms with Crippen molar-refractivity contribution in [3.63, 3.8) is 0 Å². The maximum atomic E-state index is 12.9. The number of hydrogen-bond donors (Lipinski definition) is 2. The number of rotatable bonds is 8. The monoisotopic (exact) mass is 387 g/mol. The second-order valence-corrected chi connectivity index (χ2v) is 7.64. The summed E-state index contributed by atoms with van der Waals surface area (Å²) in [6.07, 6.45) is 2.45. The molecule has 0 bridgehead atoms. The summed E-state index contributed by atoms with van der Waals surface area (Å²) in [4.78, 5) is 23.5. The summed E-state index contributed by atoms with van der Waals surface area (Å²) in [6.45, 7) is 5.21. The number of ether oxygens (including phenoxy) is 1. The van der Waals surface area contributed by atoms with Gasteiger partial charge in [0.1, 0.15) is 0 Å². The fourth-order valence-corrected chi connectivity index (χ4v) is 3.12. The third kappa shape index (κ3) is 4.41. The lowest BCUT2D eigenvalue weighted by atomic mass is 10.1. The highest BCUT2D eigenvalue weighted by molar-refractivity contribution is 5.98. The van der Waals surface area contributed by atoms with E-state index in [0.29, 0.717) is 61.0 Å². The molecule has 1 saturated carbocycles. The molecule has 2 aliphatic rings. The van der Waals surface area contributed by atoms with E-state index in [1.807, 2.05) is 17.9 Å². The molecule has 1 atom stereocenters. The molecule has 9 heteroatoms. The van der Waals surface area contributed by atoms with Gasteiger partial charge in [-0.2, -0.15) is 4.98 Å². The maximum Gasteiger partial charge on any atom is 0.272 e. The van der Waals surface area contributed by atoms with Gasteiger partial charge in [-0.15, -0.1) is 0 Å². The van der Waals surface area contributed by atoms with Crippen LogP contribution in [0.5, 0.6) is 5.88 Å². The second kappa shape index (κ2) is 7.75. The summed E-state index contributed by atoms with van der Waals surface area (Å²) in [5.41, 5.74) is 1.00. The summed E-state index contributed by atoms with van der Waals surface area (Å²) >= 11 is 0. The zero-order chi connectivity index (χ0) is 19.7. The molecule has 2 N–H and O–H groups in total. The van der Waals surface area contributed by atoms with Crippen molar-refractivity contribution in [3.8, 4) is 5.88 Å². The van der Waals surface area contributed by atoms with Crippen LogP contribution in [-0.2, 0) is 6.42 Å². The summed E-state index contributed by atoms with van der Waals surface area (Å²) in [5, 5.41) is 16.4. The molecule has 1 unspecified atom stereocenters. The molecule has 1 saturated heterocycles. The number of nitrogens with one attached hydrogen (secondary N) is 1. The van der Waals surface area contributed by atoms with Crippen molar-refractivity contribution in [2.45, 2.75) is 45.3 Å². The number of aromatic nitrogens is 3. The van der Waals surface area contributed by atoms with Crippen molar-refractivity contribution in [1.29, 1.82) is 0 Å². The molecule has 2 aromatic heterocycles. The van der Waals surface area contributed by atoms with Crippen molar-refractivity contribution < 1.29 is 19.2 Å². The molecule has 0 aromatic carbocycles. The third-order valence-corrected chi connectivity index (χ3v) is 4.87. The standard InChI is InChI=1S/C19H25N5O4/c1-11(7-16-21-12(2)28-23-16)20-19(26)18-15(24-8-14(25)9-24)5-6-17(22-18)27-10-13-3-4-13/h5-6,11,13-14,25H,3-4,7-10H2,1-2H3,(H,20,26). The van der Waals surface area contributed by atoms with E-state index in [2.05, 4.69) is 20.4 Å². The molecule has 150 valence electrons. The molecule has 3 heterocycles. The van der Waals surface area contributed by atoms with Crippen LogP contribution in [0, 0.1) is 12.8 Å². The lowest BCUT2D eigenvalue weighted by molar-refractivity contribution is 0.0931. The predicted molar refractivity (Wildman–Crippen MR) is 100 cm³/mol. The lowest BCUT2D eigenvalue weighted by Gasteiger charge is -2.38. The molecule has 2 fully saturated rings. The van der Waals surface area contributed by atoms with Crippen LogP contribution in [0.3, 0.4) is 0 Å². The van der Waals surface area contributed by atoms with Gasteiger partial charge >= 0.3 is 0 Å². The molecule has 0 spiro atoms. The number of anilines is 1. The summed E-state index contributed by atoms with van der Waals surface area (Å²) in [6, 6.07) is 3.42. The van der Waals surface area contributed by atoms with E-state index in [-0.39, 0.29) is 18.1 Å². The van der Waals surface area contributed by atoms with Crippen molar-refractivity contribution in [2.24, 2.45) is 5.92 Å². The predicted octanol–water partition coefficient (Wildman–Crippen LogP) is 1.10. The number of β-amino-alcohol motifs (C(OH)–C–C–N with tert-alkyl or cyclic N) is 1. The van der Waals surface area contributed by atoms with E-state index < -0.39 is 0 Å². The van der Waals surface area contributed by atoms with E-state index >= 15 is 0 Å². The van der Waals surface area contributed by atoms with Crippen LogP contribution in [0.2, 0.25) is 0 Å². The van der Waals surface area contributed by atoms with Gasteiger partial charge in [0.2, 0.25) is 11.8 Å². The summed E-state index contributed by atoms with van der Waals surface area (Å²) in [7, 11) is 0. The summed E-state index contributed by atoms with van der Waals surface area (Å²) < 4.78 is 10.7. The molecule has 2 aromatic rings. The first kappa shape index (κ1) is 18.7. The Morgan fingerprint density at radius 1 is 1.39 bits per heavy atom. The van der Waals surface area contributed by atoms with Gasteiger partial charge in [0.25, 0.3) is 5.91 Å². The van der Waals surface area contributed by atoms with Crippen LogP contribution in [0.4, 0.5) is 5.69 Å². The number of nitrogens with zero attached hydrogens (tertiary/aromatic N) is 4. The Balaban J connectivity index is 1.47. The fraction of sp³-hybridized carbons (Fsp3) is 0.579. The van der Waals surface area contributed by atoms with Gasteiger partial charge in [-0.1, -0.05) is 5.16 Å². The molecular weight excluding hydrogens is 362 g/mol. The minimum atomic E-state index is -0.373. The molecule has 1 aliphatic heterocycles. The highest BCUT2D eigenvalue weighted by Gasteiger charge is 2.30. The molecule has 4 rings (SSSR count). The SMILES string of the molecule is Cc1nc(CC(C)NC(=O)c2nc(OCC3CC3)ccc2N2CC(O)C2)no1. The van der Waals surface area contributed by atoms with Crippen LogP contribution in [0.25, 0.3) is 0 Å². The lowest BCUT2D eigenvalue weighted by Crippen LogP contribution is -2.51. The number of aliphatic hydroxyl groups excluding tert-OH is 1. The van der Waals surface area contributed by atoms with Crippen LogP contribution in [-0.4, -0.2) is 58.0 Å². The largest absolute Gasteiger partial charge is 0.477 e. The minimum Gasteiger partial charge on any atom is -0.477 e. The molecule has 0 radical (unpaired) electrons. The highest BCUT2D eigenvalue weighted by Crippen LogP contribution is 2.30. The smallest absolute Gasteiger partial charge is 0.272 e. The minimum absolute atomic E-state index is 0.197. The Labute approximate surface area is 163 Å². The van der Waals surface area contributed by atoms with Gasteiger partial charge in [0.15, 0.2) is 11.5 Å². The third-order valence-electron chi connectivity index (χ3n) is 4.87. The molecular formula is C19H25N5O4. The Kier molecular flexibility index (Phi) is 5.17.